The molecule has 0 bridgehead atoms. The molecule has 6 nitrogen and oxygen atoms in total. The lowest BCUT2D eigenvalue weighted by Gasteiger charge is -2.20. The summed E-state index contributed by atoms with van der Waals surface area (Å²) in [6.45, 7) is 2.27. The molecule has 1 amide bonds. The Morgan fingerprint density at radius 1 is 1.30 bits per heavy atom. The molecular weight excluding hydrogens is 296 g/mol. The smallest absolute Gasteiger partial charge is 0.247 e. The molecule has 1 aromatic carbocycles. The SMILES string of the molecule is CNC(=O)/C=C(/OC)C(C)C(/C=N\OCc1ccccc1)OC. The summed E-state index contributed by atoms with van der Waals surface area (Å²) >= 11 is 0. The van der Waals surface area contributed by atoms with Crippen molar-refractivity contribution in [3.8, 4) is 0 Å². The Kier molecular flexibility index (Phi) is 8.46. The summed E-state index contributed by atoms with van der Waals surface area (Å²) in [5.41, 5.74) is 1.03. The highest BCUT2D eigenvalue weighted by Crippen LogP contribution is 2.17. The van der Waals surface area contributed by atoms with Crippen molar-refractivity contribution in [2.45, 2.75) is 19.6 Å². The zero-order valence-electron chi connectivity index (χ0n) is 14.0. The van der Waals surface area contributed by atoms with E-state index in [2.05, 4.69) is 10.5 Å². The van der Waals surface area contributed by atoms with Gasteiger partial charge in [-0.25, -0.2) is 0 Å². The van der Waals surface area contributed by atoms with E-state index in [4.69, 9.17) is 14.3 Å². The van der Waals surface area contributed by atoms with E-state index in [1.807, 2.05) is 37.3 Å². The molecular formula is C17H24N2O4. The summed E-state index contributed by atoms with van der Waals surface area (Å²) in [5, 5.41) is 6.46. The minimum absolute atomic E-state index is 0.189. The lowest BCUT2D eigenvalue weighted by atomic mass is 10.0. The number of carbonyl (C=O) groups excluding carboxylic acids is 1. The molecule has 0 aromatic heterocycles. The van der Waals surface area contributed by atoms with Crippen LogP contribution in [0.2, 0.25) is 0 Å². The predicted octanol–water partition coefficient (Wildman–Crippen LogP) is 2.12. The van der Waals surface area contributed by atoms with Gasteiger partial charge in [0, 0.05) is 26.2 Å². The molecule has 0 aliphatic carbocycles. The van der Waals surface area contributed by atoms with Crippen molar-refractivity contribution in [1.29, 1.82) is 0 Å². The summed E-state index contributed by atoms with van der Waals surface area (Å²) in [4.78, 5) is 16.7. The number of amides is 1. The first-order valence-electron chi connectivity index (χ1n) is 7.31. The Bertz CT molecular complexity index is 529. The van der Waals surface area contributed by atoms with Gasteiger partial charge in [-0.3, -0.25) is 4.79 Å². The Morgan fingerprint density at radius 2 is 2.00 bits per heavy atom. The summed E-state index contributed by atoms with van der Waals surface area (Å²) in [7, 11) is 4.64. The second-order valence-electron chi connectivity index (χ2n) is 4.87. The minimum Gasteiger partial charge on any atom is -0.500 e. The molecule has 0 heterocycles. The number of likely N-dealkylation sites (N-methyl/N-ethyl adjacent to an activating group) is 1. The van der Waals surface area contributed by atoms with Crippen LogP contribution in [0.3, 0.4) is 0 Å². The van der Waals surface area contributed by atoms with Crippen molar-refractivity contribution in [2.24, 2.45) is 11.1 Å². The molecule has 0 aliphatic heterocycles. The van der Waals surface area contributed by atoms with E-state index < -0.39 is 0 Å². The number of oxime groups is 1. The van der Waals surface area contributed by atoms with E-state index in [0.29, 0.717) is 12.4 Å². The molecule has 0 radical (unpaired) electrons. The number of methoxy groups -OCH3 is 2. The molecule has 2 unspecified atom stereocenters. The average Bonchev–Trinajstić information content (AvgIpc) is 2.59. The van der Waals surface area contributed by atoms with Crippen LogP contribution in [0.1, 0.15) is 12.5 Å². The molecule has 126 valence electrons. The first-order valence-corrected chi connectivity index (χ1v) is 7.31. The van der Waals surface area contributed by atoms with Gasteiger partial charge in [-0.2, -0.15) is 0 Å². The molecule has 0 fully saturated rings. The van der Waals surface area contributed by atoms with Crippen molar-refractivity contribution < 1.29 is 19.1 Å². The fourth-order valence-corrected chi connectivity index (χ4v) is 1.92. The molecule has 6 heteroatoms. The molecule has 1 rings (SSSR count). The lowest BCUT2D eigenvalue weighted by molar-refractivity contribution is -0.116. The number of nitrogens with one attached hydrogen (secondary N) is 1. The minimum atomic E-state index is -0.373. The maximum absolute atomic E-state index is 11.4. The van der Waals surface area contributed by atoms with Crippen LogP contribution in [-0.2, 0) is 25.7 Å². The molecule has 1 N–H and O–H groups in total. The Morgan fingerprint density at radius 3 is 2.57 bits per heavy atom. The van der Waals surface area contributed by atoms with E-state index in [9.17, 15) is 4.79 Å². The molecule has 1 aromatic rings. The second-order valence-corrected chi connectivity index (χ2v) is 4.87. The predicted molar refractivity (Wildman–Crippen MR) is 88.8 cm³/mol. The monoisotopic (exact) mass is 320 g/mol. The molecule has 0 saturated carbocycles. The highest BCUT2D eigenvalue weighted by Gasteiger charge is 2.21. The first-order chi connectivity index (χ1) is 11.1. The van der Waals surface area contributed by atoms with Crippen LogP contribution < -0.4 is 5.32 Å². The van der Waals surface area contributed by atoms with Gasteiger partial charge in [-0.15, -0.1) is 0 Å². The summed E-state index contributed by atoms with van der Waals surface area (Å²) in [5.74, 6) is 0.0814. The third kappa shape index (κ3) is 6.52. The number of benzene rings is 1. The number of rotatable bonds is 9. The van der Waals surface area contributed by atoms with Crippen LogP contribution >= 0.6 is 0 Å². The molecule has 0 aliphatic rings. The maximum atomic E-state index is 11.4. The van der Waals surface area contributed by atoms with E-state index in [-0.39, 0.29) is 17.9 Å². The quantitative estimate of drug-likeness (QED) is 0.327. The Labute approximate surface area is 137 Å². The highest BCUT2D eigenvalue weighted by atomic mass is 16.6. The van der Waals surface area contributed by atoms with Crippen LogP contribution in [0.15, 0.2) is 47.3 Å². The number of nitrogens with zero attached hydrogens (tertiary/aromatic N) is 1. The maximum Gasteiger partial charge on any atom is 0.247 e. The third-order valence-corrected chi connectivity index (χ3v) is 3.33. The number of hydrogen-bond acceptors (Lipinski definition) is 5. The highest BCUT2D eigenvalue weighted by molar-refractivity contribution is 5.87. The Balaban J connectivity index is 2.62. The van der Waals surface area contributed by atoms with Crippen molar-refractivity contribution in [3.05, 3.63) is 47.7 Å². The van der Waals surface area contributed by atoms with Gasteiger partial charge in [0.1, 0.15) is 18.5 Å². The van der Waals surface area contributed by atoms with Crippen molar-refractivity contribution >= 4 is 12.1 Å². The van der Waals surface area contributed by atoms with Crippen LogP contribution in [0, 0.1) is 5.92 Å². The van der Waals surface area contributed by atoms with E-state index in [1.165, 1.54) is 13.2 Å². The van der Waals surface area contributed by atoms with Gasteiger partial charge in [-0.05, 0) is 5.56 Å². The lowest BCUT2D eigenvalue weighted by Crippen LogP contribution is -2.26. The second kappa shape index (κ2) is 10.4. The van der Waals surface area contributed by atoms with Gasteiger partial charge in [0.25, 0.3) is 0 Å². The van der Waals surface area contributed by atoms with Gasteiger partial charge in [0.05, 0.1) is 13.3 Å². The van der Waals surface area contributed by atoms with Crippen molar-refractivity contribution in [3.63, 3.8) is 0 Å². The van der Waals surface area contributed by atoms with Crippen LogP contribution in [0.25, 0.3) is 0 Å². The number of ether oxygens (including phenoxy) is 2. The average molecular weight is 320 g/mol. The standard InChI is InChI=1S/C17H24N2O4/c1-13(15(21-3)10-17(20)18-2)16(22-4)11-19-23-12-14-8-6-5-7-9-14/h5-11,13,16H,12H2,1-4H3,(H,18,20)/b15-10+,19-11-. The first kappa shape index (κ1) is 18.7. The van der Waals surface area contributed by atoms with Gasteiger partial charge in [-0.1, -0.05) is 42.4 Å². The molecule has 0 saturated heterocycles. The zero-order valence-corrected chi connectivity index (χ0v) is 14.0. The summed E-state index contributed by atoms with van der Waals surface area (Å²) in [6.07, 6.45) is 2.58. The van der Waals surface area contributed by atoms with E-state index in [0.717, 1.165) is 5.56 Å². The topological polar surface area (TPSA) is 69.2 Å². The summed E-state index contributed by atoms with van der Waals surface area (Å²) in [6, 6.07) is 9.75. The normalized spacial score (nSPS) is 14.3. The van der Waals surface area contributed by atoms with E-state index in [1.54, 1.807) is 20.4 Å². The fourth-order valence-electron chi connectivity index (χ4n) is 1.92. The zero-order chi connectivity index (χ0) is 17.1. The number of hydrogen-bond donors (Lipinski definition) is 1. The molecule has 2 atom stereocenters. The van der Waals surface area contributed by atoms with Gasteiger partial charge < -0.3 is 19.6 Å². The Hall–Kier alpha value is -2.34. The summed E-state index contributed by atoms with van der Waals surface area (Å²) < 4.78 is 10.6. The van der Waals surface area contributed by atoms with Crippen LogP contribution in [0.4, 0.5) is 0 Å². The van der Waals surface area contributed by atoms with Crippen molar-refractivity contribution in [2.75, 3.05) is 21.3 Å². The molecule has 0 spiro atoms. The van der Waals surface area contributed by atoms with Gasteiger partial charge >= 0.3 is 0 Å². The van der Waals surface area contributed by atoms with Gasteiger partial charge in [0.2, 0.25) is 5.91 Å². The molecule has 23 heavy (non-hydrogen) atoms. The van der Waals surface area contributed by atoms with E-state index >= 15 is 0 Å². The van der Waals surface area contributed by atoms with Crippen LogP contribution in [0.5, 0.6) is 0 Å². The van der Waals surface area contributed by atoms with Crippen LogP contribution in [-0.4, -0.2) is 39.5 Å². The van der Waals surface area contributed by atoms with Crippen molar-refractivity contribution in [1.82, 2.24) is 5.32 Å². The fraction of sp³-hybridized carbons (Fsp3) is 0.412. The third-order valence-electron chi connectivity index (χ3n) is 3.33. The van der Waals surface area contributed by atoms with Gasteiger partial charge in [0.15, 0.2) is 0 Å². The largest absolute Gasteiger partial charge is 0.500 e. The number of carbonyl (C=O) groups is 1.